The van der Waals surface area contributed by atoms with E-state index in [1.54, 1.807) is 44.9 Å². The minimum absolute atomic E-state index is 0.0109. The lowest BCUT2D eigenvalue weighted by Crippen LogP contribution is -2.16. The molecule has 0 fully saturated rings. The molecule has 2 aromatic heterocycles. The Bertz CT molecular complexity index is 1270. The van der Waals surface area contributed by atoms with Crippen molar-refractivity contribution in [1.82, 2.24) is 14.8 Å². The molecule has 2 heterocycles. The Morgan fingerprint density at radius 3 is 2.34 bits per heavy atom. The molecule has 1 amide bonds. The van der Waals surface area contributed by atoms with Gasteiger partial charge in [0.05, 0.1) is 39.8 Å². The summed E-state index contributed by atoms with van der Waals surface area (Å²) in [6, 6.07) is 5.39. The molecule has 35 heavy (non-hydrogen) atoms. The van der Waals surface area contributed by atoms with Crippen LogP contribution in [0.25, 0.3) is 11.4 Å². The van der Waals surface area contributed by atoms with E-state index in [0.717, 1.165) is 16.9 Å². The fourth-order valence-electron chi connectivity index (χ4n) is 3.20. The molecular formula is C22H24N4O7S2. The zero-order chi connectivity index (χ0) is 25.7. The van der Waals surface area contributed by atoms with E-state index in [9.17, 15) is 14.4 Å². The predicted octanol–water partition coefficient (Wildman–Crippen LogP) is 3.17. The highest BCUT2D eigenvalue weighted by Gasteiger charge is 2.27. The lowest BCUT2D eigenvalue weighted by molar-refractivity contribution is -0.113. The van der Waals surface area contributed by atoms with Gasteiger partial charge in [0.2, 0.25) is 5.91 Å². The number of rotatable bonds is 9. The molecule has 1 aromatic carbocycles. The van der Waals surface area contributed by atoms with Crippen molar-refractivity contribution in [2.75, 3.05) is 39.5 Å². The minimum Gasteiger partial charge on any atom is -0.493 e. The summed E-state index contributed by atoms with van der Waals surface area (Å²) in [4.78, 5) is 37.2. The monoisotopic (exact) mass is 520 g/mol. The highest BCUT2D eigenvalue weighted by Crippen LogP contribution is 2.35. The summed E-state index contributed by atoms with van der Waals surface area (Å²) in [6.07, 6.45) is 0. The fourth-order valence-corrected chi connectivity index (χ4v) is 5.04. The van der Waals surface area contributed by atoms with Crippen LogP contribution in [-0.4, -0.2) is 66.8 Å². The first-order chi connectivity index (χ1) is 16.7. The van der Waals surface area contributed by atoms with Gasteiger partial charge >= 0.3 is 11.9 Å². The topological polar surface area (TPSA) is 131 Å². The Morgan fingerprint density at radius 1 is 1.03 bits per heavy atom. The number of carbonyl (C=O) groups excluding carboxylic acids is 3. The predicted molar refractivity (Wildman–Crippen MR) is 131 cm³/mol. The van der Waals surface area contributed by atoms with Crippen LogP contribution in [0.15, 0.2) is 23.4 Å². The van der Waals surface area contributed by atoms with E-state index in [4.69, 9.17) is 18.9 Å². The van der Waals surface area contributed by atoms with Crippen molar-refractivity contribution in [2.24, 2.45) is 7.05 Å². The Balaban J connectivity index is 1.75. The van der Waals surface area contributed by atoms with Crippen molar-refractivity contribution in [3.05, 3.63) is 34.2 Å². The van der Waals surface area contributed by atoms with E-state index in [1.807, 2.05) is 6.07 Å². The van der Waals surface area contributed by atoms with Crippen LogP contribution < -0.4 is 14.8 Å². The second-order valence-corrected chi connectivity index (χ2v) is 8.98. The van der Waals surface area contributed by atoms with Gasteiger partial charge < -0.3 is 28.8 Å². The Hall–Kier alpha value is -3.58. The second kappa shape index (κ2) is 11.2. The molecule has 0 saturated heterocycles. The molecule has 13 heteroatoms. The van der Waals surface area contributed by atoms with Crippen LogP contribution in [0.2, 0.25) is 0 Å². The number of amides is 1. The molecule has 0 radical (unpaired) electrons. The molecule has 186 valence electrons. The average Bonchev–Trinajstić information content (AvgIpc) is 3.40. The van der Waals surface area contributed by atoms with Crippen LogP contribution in [-0.2, 0) is 21.3 Å². The van der Waals surface area contributed by atoms with Gasteiger partial charge in [0.1, 0.15) is 9.88 Å². The minimum atomic E-state index is -0.662. The van der Waals surface area contributed by atoms with Crippen LogP contribution in [0.5, 0.6) is 11.5 Å². The summed E-state index contributed by atoms with van der Waals surface area (Å²) in [5, 5.41) is 11.8. The molecule has 3 rings (SSSR count). The quantitative estimate of drug-likeness (QED) is 0.331. The van der Waals surface area contributed by atoms with E-state index < -0.39 is 17.8 Å². The number of hydrogen-bond acceptors (Lipinski definition) is 11. The van der Waals surface area contributed by atoms with Gasteiger partial charge in [-0.25, -0.2) is 9.59 Å². The van der Waals surface area contributed by atoms with E-state index in [2.05, 4.69) is 15.5 Å². The molecule has 1 N–H and O–H groups in total. The Labute approximate surface area is 209 Å². The number of hydrogen-bond donors (Lipinski definition) is 1. The number of thiophene rings is 1. The third-order valence-electron chi connectivity index (χ3n) is 4.97. The number of aromatic nitrogens is 3. The van der Waals surface area contributed by atoms with Gasteiger partial charge in [0.15, 0.2) is 22.5 Å². The van der Waals surface area contributed by atoms with E-state index in [0.29, 0.717) is 28.0 Å². The van der Waals surface area contributed by atoms with Crippen LogP contribution in [0, 0.1) is 6.92 Å². The van der Waals surface area contributed by atoms with E-state index >= 15 is 0 Å². The van der Waals surface area contributed by atoms with Crippen molar-refractivity contribution >= 4 is 45.9 Å². The van der Waals surface area contributed by atoms with Gasteiger partial charge in [0.25, 0.3) is 0 Å². The Kier molecular flexibility index (Phi) is 8.35. The van der Waals surface area contributed by atoms with E-state index in [-0.39, 0.29) is 21.2 Å². The Morgan fingerprint density at radius 2 is 1.71 bits per heavy atom. The lowest BCUT2D eigenvalue weighted by atomic mass is 10.1. The van der Waals surface area contributed by atoms with Crippen LogP contribution in [0.3, 0.4) is 0 Å². The third-order valence-corrected chi connectivity index (χ3v) is 7.18. The van der Waals surface area contributed by atoms with Crippen LogP contribution >= 0.6 is 23.1 Å². The lowest BCUT2D eigenvalue weighted by Gasteiger charge is -2.09. The van der Waals surface area contributed by atoms with Crippen LogP contribution in [0.1, 0.15) is 25.6 Å². The normalized spacial score (nSPS) is 10.6. The zero-order valence-electron chi connectivity index (χ0n) is 20.0. The smallest absolute Gasteiger partial charge is 0.348 e. The number of nitrogens with one attached hydrogen (secondary N) is 1. The first kappa shape index (κ1) is 26.0. The summed E-state index contributed by atoms with van der Waals surface area (Å²) in [5.41, 5.74) is 1.26. The number of benzene rings is 1. The van der Waals surface area contributed by atoms with Crippen LogP contribution in [0.4, 0.5) is 5.00 Å². The number of esters is 2. The molecule has 0 aliphatic carbocycles. The summed E-state index contributed by atoms with van der Waals surface area (Å²) >= 11 is 2.12. The summed E-state index contributed by atoms with van der Waals surface area (Å²) in [5.74, 6) is 0.0601. The van der Waals surface area contributed by atoms with Gasteiger partial charge in [-0.3, -0.25) is 4.79 Å². The number of methoxy groups -OCH3 is 4. The van der Waals surface area contributed by atoms with Gasteiger partial charge in [-0.2, -0.15) is 0 Å². The molecule has 0 atom stereocenters. The van der Waals surface area contributed by atoms with Gasteiger partial charge in [-0.1, -0.05) is 11.8 Å². The number of thioether (sulfide) groups is 1. The first-order valence-electron chi connectivity index (χ1n) is 10.1. The molecule has 0 aliphatic rings. The van der Waals surface area contributed by atoms with Gasteiger partial charge in [-0.05, 0) is 30.7 Å². The summed E-state index contributed by atoms with van der Waals surface area (Å²) < 4.78 is 21.9. The van der Waals surface area contributed by atoms with Crippen molar-refractivity contribution in [2.45, 2.75) is 12.1 Å². The van der Waals surface area contributed by atoms with Crippen molar-refractivity contribution < 1.29 is 33.3 Å². The maximum absolute atomic E-state index is 12.7. The van der Waals surface area contributed by atoms with E-state index in [1.165, 1.54) is 26.0 Å². The number of anilines is 1. The molecule has 0 aliphatic heterocycles. The van der Waals surface area contributed by atoms with Crippen molar-refractivity contribution in [3.63, 3.8) is 0 Å². The molecular weight excluding hydrogens is 496 g/mol. The molecule has 0 spiro atoms. The highest BCUT2D eigenvalue weighted by molar-refractivity contribution is 7.99. The van der Waals surface area contributed by atoms with Crippen molar-refractivity contribution in [1.29, 1.82) is 0 Å². The highest BCUT2D eigenvalue weighted by atomic mass is 32.2. The van der Waals surface area contributed by atoms with Gasteiger partial charge in [0, 0.05) is 12.6 Å². The molecule has 0 saturated carbocycles. The average molecular weight is 521 g/mol. The first-order valence-corrected chi connectivity index (χ1v) is 11.9. The number of carbonyl (C=O) groups is 3. The summed E-state index contributed by atoms with van der Waals surface area (Å²) in [6.45, 7) is 1.59. The largest absolute Gasteiger partial charge is 0.493 e. The molecule has 11 nitrogen and oxygen atoms in total. The SMILES string of the molecule is COC(=O)c1sc(NC(=O)CSc2nnc(-c3ccc(OC)c(OC)c3)n2C)c(C(=O)OC)c1C. The van der Waals surface area contributed by atoms with Crippen molar-refractivity contribution in [3.8, 4) is 22.9 Å². The maximum atomic E-state index is 12.7. The summed E-state index contributed by atoms with van der Waals surface area (Å²) in [7, 11) is 7.36. The maximum Gasteiger partial charge on any atom is 0.348 e. The molecule has 0 unspecified atom stereocenters. The second-order valence-electron chi connectivity index (χ2n) is 7.02. The third kappa shape index (κ3) is 5.41. The van der Waals surface area contributed by atoms with Gasteiger partial charge in [-0.15, -0.1) is 21.5 Å². The number of ether oxygens (including phenoxy) is 4. The standard InChI is InChI=1S/C22H24N4O7S2/c1-11-16(20(28)32-5)19(35-17(11)21(29)33-6)23-15(27)10-34-22-25-24-18(26(22)2)12-7-8-13(30-3)14(9-12)31-4/h7-9H,10H2,1-6H3,(H,23,27). The molecule has 3 aromatic rings. The number of nitrogens with zero attached hydrogens (tertiary/aromatic N) is 3. The zero-order valence-corrected chi connectivity index (χ0v) is 21.6. The fraction of sp³-hybridized carbons (Fsp3) is 0.318. The molecule has 0 bridgehead atoms.